The van der Waals surface area contributed by atoms with Crippen LogP contribution in [-0.4, -0.2) is 45.8 Å². The molecule has 0 aliphatic carbocycles. The lowest BCUT2D eigenvalue weighted by Gasteiger charge is -2.25. The van der Waals surface area contributed by atoms with Crippen LogP contribution in [0.15, 0.2) is 6.20 Å². The maximum Gasteiger partial charge on any atom is 0.148 e. The third-order valence-corrected chi connectivity index (χ3v) is 3.67. The van der Waals surface area contributed by atoms with Crippen molar-refractivity contribution in [2.24, 2.45) is 0 Å². The van der Waals surface area contributed by atoms with Gasteiger partial charge in [0, 0.05) is 42.9 Å². The third-order valence-electron chi connectivity index (χ3n) is 2.73. The first-order chi connectivity index (χ1) is 7.25. The molecule has 1 aliphatic rings. The van der Waals surface area contributed by atoms with Crippen molar-refractivity contribution in [3.63, 3.8) is 0 Å². The average Bonchev–Trinajstić information content (AvgIpc) is 2.57. The van der Waals surface area contributed by atoms with Gasteiger partial charge in [0.25, 0.3) is 0 Å². The van der Waals surface area contributed by atoms with Crippen LogP contribution in [-0.2, 0) is 6.54 Å². The Bertz CT molecular complexity index is 298. The summed E-state index contributed by atoms with van der Waals surface area (Å²) in [5, 5.41) is 4.26. The number of aromatic nitrogens is 2. The van der Waals surface area contributed by atoms with Gasteiger partial charge in [-0.25, -0.2) is 0 Å². The first-order valence-electron chi connectivity index (χ1n) is 5.35. The van der Waals surface area contributed by atoms with Crippen LogP contribution in [0.1, 0.15) is 5.56 Å². The third kappa shape index (κ3) is 2.89. The van der Waals surface area contributed by atoms with Crippen LogP contribution < -0.4 is 5.73 Å². The van der Waals surface area contributed by atoms with Crippen molar-refractivity contribution < 1.29 is 0 Å². The van der Waals surface area contributed by atoms with Crippen LogP contribution in [0.4, 0.5) is 5.82 Å². The largest absolute Gasteiger partial charge is 0.382 e. The molecule has 15 heavy (non-hydrogen) atoms. The highest BCUT2D eigenvalue weighted by atomic mass is 32.2. The van der Waals surface area contributed by atoms with Gasteiger partial charge in [-0.3, -0.25) is 9.58 Å². The maximum atomic E-state index is 5.70. The molecule has 5 heteroatoms. The van der Waals surface area contributed by atoms with Gasteiger partial charge < -0.3 is 5.73 Å². The molecule has 1 aromatic rings. The zero-order valence-corrected chi connectivity index (χ0v) is 9.96. The monoisotopic (exact) mass is 226 g/mol. The predicted molar refractivity (Wildman–Crippen MR) is 65.1 cm³/mol. The number of aryl methyl sites for hydroxylation is 1. The first-order valence-corrected chi connectivity index (χ1v) is 6.51. The van der Waals surface area contributed by atoms with Crippen molar-refractivity contribution in [2.75, 3.05) is 36.9 Å². The minimum absolute atomic E-state index is 0.657. The van der Waals surface area contributed by atoms with E-state index >= 15 is 0 Å². The van der Waals surface area contributed by atoms with E-state index in [9.17, 15) is 0 Å². The van der Waals surface area contributed by atoms with E-state index in [1.165, 1.54) is 24.6 Å². The molecular weight excluding hydrogens is 208 g/mol. The molecule has 1 saturated heterocycles. The van der Waals surface area contributed by atoms with Gasteiger partial charge in [0.2, 0.25) is 0 Å². The van der Waals surface area contributed by atoms with Gasteiger partial charge >= 0.3 is 0 Å². The molecule has 1 fully saturated rings. The highest BCUT2D eigenvalue weighted by Gasteiger charge is 2.10. The van der Waals surface area contributed by atoms with Crippen molar-refractivity contribution in [1.29, 1.82) is 0 Å². The SMILES string of the molecule is Cc1cn(CCN2CCSCC2)nc1N. The second-order valence-electron chi connectivity index (χ2n) is 3.91. The van der Waals surface area contributed by atoms with E-state index in [1.54, 1.807) is 0 Å². The summed E-state index contributed by atoms with van der Waals surface area (Å²) in [6.07, 6.45) is 2.02. The zero-order chi connectivity index (χ0) is 10.7. The Hall–Kier alpha value is -0.680. The molecule has 2 rings (SSSR count). The highest BCUT2D eigenvalue weighted by Crippen LogP contribution is 2.10. The number of hydrogen-bond acceptors (Lipinski definition) is 4. The molecule has 0 unspecified atom stereocenters. The van der Waals surface area contributed by atoms with E-state index in [1.807, 2.05) is 29.6 Å². The van der Waals surface area contributed by atoms with Crippen molar-refractivity contribution in [3.05, 3.63) is 11.8 Å². The quantitative estimate of drug-likeness (QED) is 0.829. The molecule has 2 heterocycles. The summed E-state index contributed by atoms with van der Waals surface area (Å²) < 4.78 is 1.95. The lowest BCUT2D eigenvalue weighted by Crippen LogP contribution is -2.35. The summed E-state index contributed by atoms with van der Waals surface area (Å²) in [4.78, 5) is 2.49. The van der Waals surface area contributed by atoms with Crippen LogP contribution in [0.25, 0.3) is 0 Å². The number of hydrogen-bond donors (Lipinski definition) is 1. The molecule has 0 spiro atoms. The molecule has 84 valence electrons. The highest BCUT2D eigenvalue weighted by molar-refractivity contribution is 7.99. The average molecular weight is 226 g/mol. The standard InChI is InChI=1S/C10H18N4S/c1-9-8-14(12-10(9)11)3-2-13-4-6-15-7-5-13/h8H,2-7H2,1H3,(H2,11,12). The van der Waals surface area contributed by atoms with Gasteiger partial charge in [-0.05, 0) is 6.92 Å². The van der Waals surface area contributed by atoms with Gasteiger partial charge in [0.05, 0.1) is 6.54 Å². The molecule has 1 aromatic heterocycles. The van der Waals surface area contributed by atoms with Gasteiger partial charge in [0.1, 0.15) is 5.82 Å². The van der Waals surface area contributed by atoms with Crippen molar-refractivity contribution in [1.82, 2.24) is 14.7 Å². The molecule has 0 atom stereocenters. The number of nitrogen functional groups attached to an aromatic ring is 1. The summed E-state index contributed by atoms with van der Waals surface area (Å²) in [6, 6.07) is 0. The molecule has 4 nitrogen and oxygen atoms in total. The van der Waals surface area contributed by atoms with Crippen LogP contribution in [0.3, 0.4) is 0 Å². The molecule has 2 N–H and O–H groups in total. The molecule has 1 aliphatic heterocycles. The minimum Gasteiger partial charge on any atom is -0.382 e. The smallest absolute Gasteiger partial charge is 0.148 e. The number of nitrogens with two attached hydrogens (primary N) is 1. The topological polar surface area (TPSA) is 47.1 Å². The van der Waals surface area contributed by atoms with Gasteiger partial charge in [-0.1, -0.05) is 0 Å². The van der Waals surface area contributed by atoms with Crippen LogP contribution in [0.5, 0.6) is 0 Å². The van der Waals surface area contributed by atoms with Crippen LogP contribution in [0, 0.1) is 6.92 Å². The van der Waals surface area contributed by atoms with E-state index in [0.717, 1.165) is 18.7 Å². The summed E-state index contributed by atoms with van der Waals surface area (Å²) >= 11 is 2.04. The lowest BCUT2D eigenvalue weighted by molar-refractivity contribution is 0.284. The molecule has 0 radical (unpaired) electrons. The molecule has 0 aromatic carbocycles. The number of thioether (sulfide) groups is 1. The van der Waals surface area contributed by atoms with E-state index in [-0.39, 0.29) is 0 Å². The molecule has 0 amide bonds. The minimum atomic E-state index is 0.657. The fourth-order valence-corrected chi connectivity index (χ4v) is 2.70. The fraction of sp³-hybridized carbons (Fsp3) is 0.700. The van der Waals surface area contributed by atoms with Gasteiger partial charge in [-0.2, -0.15) is 16.9 Å². The van der Waals surface area contributed by atoms with Crippen molar-refractivity contribution in [3.8, 4) is 0 Å². The van der Waals surface area contributed by atoms with E-state index in [2.05, 4.69) is 10.00 Å². The number of anilines is 1. The molecule has 0 bridgehead atoms. The van der Waals surface area contributed by atoms with E-state index in [0.29, 0.717) is 5.82 Å². The number of nitrogens with zero attached hydrogens (tertiary/aromatic N) is 3. The summed E-state index contributed by atoms with van der Waals surface area (Å²) in [5.41, 5.74) is 6.77. The summed E-state index contributed by atoms with van der Waals surface area (Å²) in [5.74, 6) is 3.18. The summed E-state index contributed by atoms with van der Waals surface area (Å²) in [7, 11) is 0. The Labute approximate surface area is 94.8 Å². The first kappa shape index (κ1) is 10.8. The van der Waals surface area contributed by atoms with E-state index in [4.69, 9.17) is 5.73 Å². The Morgan fingerprint density at radius 1 is 1.40 bits per heavy atom. The number of rotatable bonds is 3. The lowest BCUT2D eigenvalue weighted by atomic mass is 10.4. The Kier molecular flexibility index (Phi) is 3.53. The van der Waals surface area contributed by atoms with Crippen molar-refractivity contribution >= 4 is 17.6 Å². The second-order valence-corrected chi connectivity index (χ2v) is 5.14. The molecular formula is C10H18N4S. The van der Waals surface area contributed by atoms with Crippen LogP contribution in [0.2, 0.25) is 0 Å². The van der Waals surface area contributed by atoms with Crippen LogP contribution >= 0.6 is 11.8 Å². The normalized spacial score (nSPS) is 18.2. The Morgan fingerprint density at radius 3 is 2.73 bits per heavy atom. The second kappa shape index (κ2) is 4.90. The van der Waals surface area contributed by atoms with Crippen molar-refractivity contribution in [2.45, 2.75) is 13.5 Å². The predicted octanol–water partition coefficient (Wildman–Crippen LogP) is 0.823. The Morgan fingerprint density at radius 2 is 2.13 bits per heavy atom. The van der Waals surface area contributed by atoms with Gasteiger partial charge in [-0.15, -0.1) is 0 Å². The summed E-state index contributed by atoms with van der Waals surface area (Å²) in [6.45, 7) is 6.45. The fourth-order valence-electron chi connectivity index (χ4n) is 1.72. The molecule has 0 saturated carbocycles. The Balaban J connectivity index is 1.81. The zero-order valence-electron chi connectivity index (χ0n) is 9.15. The maximum absolute atomic E-state index is 5.70. The van der Waals surface area contributed by atoms with E-state index < -0.39 is 0 Å². The van der Waals surface area contributed by atoms with Gasteiger partial charge in [0.15, 0.2) is 0 Å².